The van der Waals surface area contributed by atoms with Crippen LogP contribution in [0.15, 0.2) is 42.7 Å². The first kappa shape index (κ1) is 19.6. The molecule has 3 rings (SSSR count). The van der Waals surface area contributed by atoms with Gasteiger partial charge in [0.1, 0.15) is 6.04 Å². The van der Waals surface area contributed by atoms with Gasteiger partial charge in [0, 0.05) is 49.3 Å². The highest BCUT2D eigenvalue weighted by molar-refractivity contribution is 5.94. The monoisotopic (exact) mass is 384 g/mol. The molecule has 1 aromatic carbocycles. The first-order valence-corrected chi connectivity index (χ1v) is 9.18. The quantitative estimate of drug-likeness (QED) is 0.548. The number of benzene rings is 1. The zero-order chi connectivity index (χ0) is 19.9. The van der Waals surface area contributed by atoms with Crippen molar-refractivity contribution in [3.05, 3.63) is 48.3 Å². The van der Waals surface area contributed by atoms with Crippen molar-refractivity contribution in [1.29, 1.82) is 0 Å². The molecule has 2 aromatic rings. The van der Waals surface area contributed by atoms with Crippen LogP contribution in [-0.2, 0) is 4.79 Å². The number of nitrogens with one attached hydrogen (secondary N) is 2. The van der Waals surface area contributed by atoms with Gasteiger partial charge in [-0.25, -0.2) is 9.97 Å². The Labute approximate surface area is 163 Å². The Morgan fingerprint density at radius 3 is 2.43 bits per heavy atom. The van der Waals surface area contributed by atoms with Gasteiger partial charge in [-0.3, -0.25) is 9.59 Å². The van der Waals surface area contributed by atoms with Gasteiger partial charge in [0.25, 0.3) is 5.91 Å². The third-order valence-corrected chi connectivity index (χ3v) is 4.69. The summed E-state index contributed by atoms with van der Waals surface area (Å²) in [6.07, 6.45) is 5.37. The molecule has 1 aliphatic rings. The fourth-order valence-corrected chi connectivity index (χ4v) is 3.05. The zero-order valence-corrected chi connectivity index (χ0v) is 15.4. The van der Waals surface area contributed by atoms with Gasteiger partial charge >= 0.3 is 5.97 Å². The molecule has 0 saturated carbocycles. The van der Waals surface area contributed by atoms with E-state index < -0.39 is 12.0 Å². The number of anilines is 2. The topological polar surface area (TPSA) is 133 Å². The van der Waals surface area contributed by atoms with E-state index in [1.54, 1.807) is 30.6 Å². The number of hydrogen-bond acceptors (Lipinski definition) is 7. The minimum absolute atomic E-state index is 0.110. The molecule has 1 aromatic heterocycles. The Bertz CT molecular complexity index is 791. The number of carbonyl (C=O) groups excluding carboxylic acids is 1. The molecular formula is C19H24N6O3. The third kappa shape index (κ3) is 5.17. The normalized spacial score (nSPS) is 15.7. The molecule has 0 spiro atoms. The number of carboxylic acids is 1. The second kappa shape index (κ2) is 9.14. The van der Waals surface area contributed by atoms with E-state index >= 15 is 0 Å². The van der Waals surface area contributed by atoms with Crippen LogP contribution >= 0.6 is 0 Å². The first-order valence-electron chi connectivity index (χ1n) is 9.18. The molecule has 0 aliphatic carbocycles. The van der Waals surface area contributed by atoms with E-state index in [9.17, 15) is 9.59 Å². The van der Waals surface area contributed by atoms with E-state index in [4.69, 9.17) is 10.8 Å². The van der Waals surface area contributed by atoms with E-state index in [1.807, 2.05) is 12.1 Å². The minimum Gasteiger partial charge on any atom is -0.480 e. The Morgan fingerprint density at radius 2 is 1.82 bits per heavy atom. The molecule has 9 heteroatoms. The lowest BCUT2D eigenvalue weighted by molar-refractivity contribution is -0.138. The summed E-state index contributed by atoms with van der Waals surface area (Å²) >= 11 is 0. The lowest BCUT2D eigenvalue weighted by atomic mass is 10.0. The summed E-state index contributed by atoms with van der Waals surface area (Å²) in [7, 11) is 0. The maximum Gasteiger partial charge on any atom is 0.322 e. The van der Waals surface area contributed by atoms with Crippen LogP contribution in [0.4, 0.5) is 11.6 Å². The molecule has 148 valence electrons. The molecule has 1 amide bonds. The molecule has 1 saturated heterocycles. The average molecular weight is 384 g/mol. The summed E-state index contributed by atoms with van der Waals surface area (Å²) in [5.41, 5.74) is 6.91. The zero-order valence-electron chi connectivity index (χ0n) is 15.4. The van der Waals surface area contributed by atoms with Crippen LogP contribution in [-0.4, -0.2) is 58.7 Å². The predicted octanol–water partition coefficient (Wildman–Crippen LogP) is 0.699. The fourth-order valence-electron chi connectivity index (χ4n) is 3.05. The van der Waals surface area contributed by atoms with Gasteiger partial charge in [-0.2, -0.15) is 0 Å². The van der Waals surface area contributed by atoms with Gasteiger partial charge in [-0.05, 0) is 43.2 Å². The standard InChI is InChI=1S/C19H24N6O3/c20-16(18(27)28)12-23-17(26)13-2-4-15(5-3-13)25-10-6-14(7-11-25)24-19-21-8-1-9-22-19/h1-5,8-9,14,16H,6-7,10-12,20H2,(H,23,26)(H,27,28)(H,21,22,24). The van der Waals surface area contributed by atoms with Gasteiger partial charge in [0.05, 0.1) is 0 Å². The van der Waals surface area contributed by atoms with Crippen molar-refractivity contribution in [2.24, 2.45) is 5.73 Å². The molecule has 2 heterocycles. The van der Waals surface area contributed by atoms with Crippen molar-refractivity contribution in [2.75, 3.05) is 29.9 Å². The number of piperidine rings is 1. The van der Waals surface area contributed by atoms with Crippen molar-refractivity contribution in [2.45, 2.75) is 24.9 Å². The summed E-state index contributed by atoms with van der Waals surface area (Å²) in [6.45, 7) is 1.68. The molecule has 1 unspecified atom stereocenters. The number of amides is 1. The summed E-state index contributed by atoms with van der Waals surface area (Å²) in [5, 5.41) is 14.6. The average Bonchev–Trinajstić information content (AvgIpc) is 2.73. The molecule has 1 aliphatic heterocycles. The molecule has 1 fully saturated rings. The van der Waals surface area contributed by atoms with E-state index in [-0.39, 0.29) is 12.5 Å². The fraction of sp³-hybridized carbons (Fsp3) is 0.368. The lowest BCUT2D eigenvalue weighted by Gasteiger charge is -2.34. The Balaban J connectivity index is 1.49. The number of carbonyl (C=O) groups is 2. The van der Waals surface area contributed by atoms with Crippen molar-refractivity contribution in [1.82, 2.24) is 15.3 Å². The largest absolute Gasteiger partial charge is 0.480 e. The second-order valence-corrected chi connectivity index (χ2v) is 6.68. The summed E-state index contributed by atoms with van der Waals surface area (Å²) in [4.78, 5) is 33.4. The summed E-state index contributed by atoms with van der Waals surface area (Å²) < 4.78 is 0. The summed E-state index contributed by atoms with van der Waals surface area (Å²) in [5.74, 6) is -0.833. The number of rotatable bonds is 7. The van der Waals surface area contributed by atoms with E-state index in [2.05, 4.69) is 25.5 Å². The van der Waals surface area contributed by atoms with Gasteiger partial charge in [0.15, 0.2) is 0 Å². The molecular weight excluding hydrogens is 360 g/mol. The SMILES string of the molecule is NC(CNC(=O)c1ccc(N2CCC(Nc3ncccn3)CC2)cc1)C(=O)O. The van der Waals surface area contributed by atoms with Crippen LogP contribution < -0.4 is 21.3 Å². The number of nitrogens with zero attached hydrogens (tertiary/aromatic N) is 3. The van der Waals surface area contributed by atoms with Gasteiger partial charge < -0.3 is 26.4 Å². The smallest absolute Gasteiger partial charge is 0.322 e. The minimum atomic E-state index is -1.15. The highest BCUT2D eigenvalue weighted by Gasteiger charge is 2.20. The van der Waals surface area contributed by atoms with Gasteiger partial charge in [-0.1, -0.05) is 0 Å². The van der Waals surface area contributed by atoms with Crippen LogP contribution in [0, 0.1) is 0 Å². The predicted molar refractivity (Wildman–Crippen MR) is 105 cm³/mol. The van der Waals surface area contributed by atoms with Crippen molar-refractivity contribution in [3.8, 4) is 0 Å². The summed E-state index contributed by atoms with van der Waals surface area (Å²) in [6, 6.07) is 8.29. The Hall–Kier alpha value is -3.20. The van der Waals surface area contributed by atoms with Crippen molar-refractivity contribution in [3.63, 3.8) is 0 Å². The van der Waals surface area contributed by atoms with E-state index in [1.165, 1.54) is 0 Å². The molecule has 0 radical (unpaired) electrons. The number of hydrogen-bond donors (Lipinski definition) is 4. The van der Waals surface area contributed by atoms with Gasteiger partial charge in [0.2, 0.25) is 5.95 Å². The third-order valence-electron chi connectivity index (χ3n) is 4.69. The van der Waals surface area contributed by atoms with Crippen LogP contribution in [0.2, 0.25) is 0 Å². The first-order chi connectivity index (χ1) is 13.5. The van der Waals surface area contributed by atoms with Gasteiger partial charge in [-0.15, -0.1) is 0 Å². The number of nitrogens with two attached hydrogens (primary N) is 1. The lowest BCUT2D eigenvalue weighted by Crippen LogP contribution is -2.42. The maximum atomic E-state index is 12.1. The molecule has 28 heavy (non-hydrogen) atoms. The maximum absolute atomic E-state index is 12.1. The van der Waals surface area contributed by atoms with Crippen LogP contribution in [0.5, 0.6) is 0 Å². The number of aliphatic carboxylic acids is 1. The van der Waals surface area contributed by atoms with Crippen LogP contribution in [0.3, 0.4) is 0 Å². The molecule has 1 atom stereocenters. The number of aromatic nitrogens is 2. The number of carboxylic acid groups (broad SMARTS) is 1. The van der Waals surface area contributed by atoms with E-state index in [0.717, 1.165) is 31.6 Å². The van der Waals surface area contributed by atoms with E-state index in [0.29, 0.717) is 17.6 Å². The highest BCUT2D eigenvalue weighted by Crippen LogP contribution is 2.21. The Kier molecular flexibility index (Phi) is 6.38. The second-order valence-electron chi connectivity index (χ2n) is 6.68. The van der Waals surface area contributed by atoms with Crippen LogP contribution in [0.25, 0.3) is 0 Å². The molecule has 9 nitrogen and oxygen atoms in total. The van der Waals surface area contributed by atoms with Crippen molar-refractivity contribution >= 4 is 23.5 Å². The molecule has 0 bridgehead atoms. The highest BCUT2D eigenvalue weighted by atomic mass is 16.4. The van der Waals surface area contributed by atoms with Crippen molar-refractivity contribution < 1.29 is 14.7 Å². The molecule has 5 N–H and O–H groups in total. The Morgan fingerprint density at radius 1 is 1.18 bits per heavy atom. The van der Waals surface area contributed by atoms with Crippen LogP contribution in [0.1, 0.15) is 23.2 Å².